The number of methoxy groups -OCH3 is 1. The molecule has 0 saturated carbocycles. The Morgan fingerprint density at radius 3 is 2.52 bits per heavy atom. The molecule has 2 fully saturated rings. The van der Waals surface area contributed by atoms with Crippen LogP contribution in [0.2, 0.25) is 0 Å². The second-order valence-corrected chi connectivity index (χ2v) is 9.17. The third kappa shape index (κ3) is 4.51. The molecule has 2 aliphatic rings. The summed E-state index contributed by atoms with van der Waals surface area (Å²) in [6, 6.07) is 6.85. The van der Waals surface area contributed by atoms with Crippen LogP contribution in [-0.2, 0) is 19.6 Å². The highest BCUT2D eigenvalue weighted by atomic mass is 32.2. The highest BCUT2D eigenvalue weighted by molar-refractivity contribution is 7.89. The van der Waals surface area contributed by atoms with E-state index in [9.17, 15) is 13.2 Å². The highest BCUT2D eigenvalue weighted by Crippen LogP contribution is 2.22. The summed E-state index contributed by atoms with van der Waals surface area (Å²) < 4.78 is 32.5. The van der Waals surface area contributed by atoms with Crippen molar-refractivity contribution in [2.45, 2.75) is 30.7 Å². The first-order valence-electron chi connectivity index (χ1n) is 9.52. The maximum Gasteiger partial charge on any atom is 0.243 e. The van der Waals surface area contributed by atoms with Crippen molar-refractivity contribution in [2.75, 3.05) is 53.0 Å². The molecule has 7 nitrogen and oxygen atoms in total. The Morgan fingerprint density at radius 1 is 1.07 bits per heavy atom. The molecular formula is C19H29N3O4S. The van der Waals surface area contributed by atoms with Crippen LogP contribution in [0.3, 0.4) is 0 Å². The van der Waals surface area contributed by atoms with Gasteiger partial charge in [0, 0.05) is 46.4 Å². The largest absolute Gasteiger partial charge is 0.383 e. The molecule has 1 amide bonds. The topological polar surface area (TPSA) is 70.2 Å². The fourth-order valence-electron chi connectivity index (χ4n) is 3.81. The Hall–Kier alpha value is -1.48. The molecule has 27 heavy (non-hydrogen) atoms. The second kappa shape index (κ2) is 8.68. The van der Waals surface area contributed by atoms with Crippen molar-refractivity contribution in [2.24, 2.45) is 0 Å². The van der Waals surface area contributed by atoms with Gasteiger partial charge in [0.1, 0.15) is 0 Å². The number of amides is 1. The number of carbonyl (C=O) groups excluding carboxylic acids is 1. The molecule has 0 bridgehead atoms. The molecule has 2 saturated heterocycles. The number of benzene rings is 1. The summed E-state index contributed by atoms with van der Waals surface area (Å²) in [5.74, 6) is 0.141. The van der Waals surface area contributed by atoms with Gasteiger partial charge in [-0.2, -0.15) is 4.31 Å². The van der Waals surface area contributed by atoms with Gasteiger partial charge in [-0.3, -0.25) is 9.69 Å². The van der Waals surface area contributed by atoms with E-state index >= 15 is 0 Å². The standard InChI is InChI=1S/C19H29N3O4S/c1-16-4-6-17(7-5-16)27(24,25)22-10-3-9-20(12-13-22)18-8-11-21(19(18)23)14-15-26-2/h4-7,18H,3,8-15H2,1-2H3. The average Bonchev–Trinajstić information content (AvgIpc) is 2.85. The van der Waals surface area contributed by atoms with Crippen LogP contribution in [-0.4, -0.2) is 87.5 Å². The number of sulfonamides is 1. The molecule has 0 aromatic heterocycles. The molecule has 2 aliphatic heterocycles. The lowest BCUT2D eigenvalue weighted by Crippen LogP contribution is -2.44. The van der Waals surface area contributed by atoms with E-state index in [4.69, 9.17) is 4.74 Å². The maximum absolute atomic E-state index is 12.9. The molecule has 1 aromatic rings. The van der Waals surface area contributed by atoms with Crippen molar-refractivity contribution in [1.82, 2.24) is 14.1 Å². The van der Waals surface area contributed by atoms with Crippen LogP contribution in [0, 0.1) is 6.92 Å². The predicted octanol–water partition coefficient (Wildman–Crippen LogP) is 0.939. The lowest BCUT2D eigenvalue weighted by Gasteiger charge is -2.26. The number of likely N-dealkylation sites (tertiary alicyclic amines) is 1. The van der Waals surface area contributed by atoms with Gasteiger partial charge in [0.05, 0.1) is 17.5 Å². The quantitative estimate of drug-likeness (QED) is 0.717. The van der Waals surface area contributed by atoms with Gasteiger partial charge in [-0.1, -0.05) is 17.7 Å². The number of carbonyl (C=O) groups is 1. The number of ether oxygens (including phenoxy) is 1. The molecule has 2 heterocycles. The van der Waals surface area contributed by atoms with E-state index in [2.05, 4.69) is 4.90 Å². The zero-order chi connectivity index (χ0) is 19.4. The molecule has 0 N–H and O–H groups in total. The third-order valence-corrected chi connectivity index (χ3v) is 7.34. The third-order valence-electron chi connectivity index (χ3n) is 5.42. The lowest BCUT2D eigenvalue weighted by atomic mass is 10.2. The van der Waals surface area contributed by atoms with E-state index in [0.29, 0.717) is 37.7 Å². The molecule has 1 unspecified atom stereocenters. The molecule has 3 rings (SSSR count). The summed E-state index contributed by atoms with van der Waals surface area (Å²) >= 11 is 0. The van der Waals surface area contributed by atoms with Crippen molar-refractivity contribution in [1.29, 1.82) is 0 Å². The second-order valence-electron chi connectivity index (χ2n) is 7.23. The van der Waals surface area contributed by atoms with Crippen molar-refractivity contribution >= 4 is 15.9 Å². The van der Waals surface area contributed by atoms with E-state index in [1.165, 1.54) is 0 Å². The molecule has 1 atom stereocenters. The van der Waals surface area contributed by atoms with Crippen molar-refractivity contribution in [3.8, 4) is 0 Å². The first-order valence-corrected chi connectivity index (χ1v) is 11.0. The van der Waals surface area contributed by atoms with E-state index in [0.717, 1.165) is 31.5 Å². The predicted molar refractivity (Wildman–Crippen MR) is 103 cm³/mol. The van der Waals surface area contributed by atoms with E-state index in [1.807, 2.05) is 24.0 Å². The summed E-state index contributed by atoms with van der Waals surface area (Å²) in [7, 11) is -1.86. The van der Waals surface area contributed by atoms with Crippen LogP contribution in [0.1, 0.15) is 18.4 Å². The van der Waals surface area contributed by atoms with Crippen molar-refractivity contribution in [3.63, 3.8) is 0 Å². The number of rotatable bonds is 6. The van der Waals surface area contributed by atoms with Crippen LogP contribution < -0.4 is 0 Å². The SMILES string of the molecule is COCCN1CCC(N2CCCN(S(=O)(=O)c3ccc(C)cc3)CC2)C1=O. The fraction of sp³-hybridized carbons (Fsp3) is 0.632. The van der Waals surface area contributed by atoms with Gasteiger partial charge >= 0.3 is 0 Å². The molecule has 0 aliphatic carbocycles. The number of nitrogens with zero attached hydrogens (tertiary/aromatic N) is 3. The van der Waals surface area contributed by atoms with Gasteiger partial charge in [0.15, 0.2) is 0 Å². The highest BCUT2D eigenvalue weighted by Gasteiger charge is 2.37. The molecular weight excluding hydrogens is 366 g/mol. The van der Waals surface area contributed by atoms with Gasteiger partial charge in [-0.25, -0.2) is 8.42 Å². The van der Waals surface area contributed by atoms with Crippen LogP contribution in [0.25, 0.3) is 0 Å². The minimum absolute atomic E-state index is 0.135. The van der Waals surface area contributed by atoms with Crippen LogP contribution in [0.4, 0.5) is 0 Å². The Bertz CT molecular complexity index is 751. The molecule has 0 radical (unpaired) electrons. The fourth-order valence-corrected chi connectivity index (χ4v) is 5.28. The molecule has 0 spiro atoms. The van der Waals surface area contributed by atoms with Crippen LogP contribution in [0.15, 0.2) is 29.2 Å². The molecule has 1 aromatic carbocycles. The van der Waals surface area contributed by atoms with Crippen molar-refractivity contribution < 1.29 is 17.9 Å². The van der Waals surface area contributed by atoms with Gasteiger partial charge in [-0.15, -0.1) is 0 Å². The van der Waals surface area contributed by atoms with Crippen LogP contribution >= 0.6 is 0 Å². The Morgan fingerprint density at radius 2 is 1.81 bits per heavy atom. The number of hydrogen-bond donors (Lipinski definition) is 0. The van der Waals surface area contributed by atoms with E-state index in [1.54, 1.807) is 23.5 Å². The monoisotopic (exact) mass is 395 g/mol. The summed E-state index contributed by atoms with van der Waals surface area (Å²) in [5, 5.41) is 0. The first-order chi connectivity index (χ1) is 12.9. The normalized spacial score (nSPS) is 23.0. The summed E-state index contributed by atoms with van der Waals surface area (Å²) in [4.78, 5) is 17.0. The Balaban J connectivity index is 1.64. The van der Waals surface area contributed by atoms with E-state index < -0.39 is 10.0 Å². The maximum atomic E-state index is 12.9. The Labute approximate surface area is 161 Å². The number of hydrogen-bond acceptors (Lipinski definition) is 5. The molecule has 150 valence electrons. The van der Waals surface area contributed by atoms with Crippen LogP contribution in [0.5, 0.6) is 0 Å². The Kier molecular flexibility index (Phi) is 6.52. The lowest BCUT2D eigenvalue weighted by molar-refractivity contribution is -0.132. The first kappa shape index (κ1) is 20.3. The molecule has 8 heteroatoms. The average molecular weight is 396 g/mol. The van der Waals surface area contributed by atoms with E-state index in [-0.39, 0.29) is 11.9 Å². The summed E-state index contributed by atoms with van der Waals surface area (Å²) in [6.07, 6.45) is 1.53. The zero-order valence-electron chi connectivity index (χ0n) is 16.1. The van der Waals surface area contributed by atoms with Gasteiger partial charge in [0.25, 0.3) is 0 Å². The number of aryl methyl sites for hydroxylation is 1. The zero-order valence-corrected chi connectivity index (χ0v) is 17.0. The minimum Gasteiger partial charge on any atom is -0.383 e. The smallest absolute Gasteiger partial charge is 0.243 e. The van der Waals surface area contributed by atoms with Crippen molar-refractivity contribution in [3.05, 3.63) is 29.8 Å². The summed E-state index contributed by atoms with van der Waals surface area (Å²) in [6.45, 7) is 6.07. The van der Waals surface area contributed by atoms with Gasteiger partial charge in [0.2, 0.25) is 15.9 Å². The van der Waals surface area contributed by atoms with Gasteiger partial charge in [-0.05, 0) is 31.9 Å². The van der Waals surface area contributed by atoms with Gasteiger partial charge < -0.3 is 9.64 Å². The minimum atomic E-state index is -3.49. The summed E-state index contributed by atoms with van der Waals surface area (Å²) in [5.41, 5.74) is 1.04.